The zero-order valence-corrected chi connectivity index (χ0v) is 18.1. The highest BCUT2D eigenvalue weighted by Crippen LogP contribution is 2.29. The number of benzene rings is 2. The average Bonchev–Trinajstić information content (AvgIpc) is 3.22. The summed E-state index contributed by atoms with van der Waals surface area (Å²) in [5.74, 6) is 0.177. The summed E-state index contributed by atoms with van der Waals surface area (Å²) in [5.41, 5.74) is 9.32. The molecule has 4 rings (SSSR count). The lowest BCUT2D eigenvalue weighted by Gasteiger charge is -2.14. The standard InChI is InChI=1S/C24H22F3N5O/c1-14-9-20-19(7-8-29-22(20)28)15(2)21(14)11-30-23(33)17-10-31-32(13-17)12-16-3-5-18(6-4-16)24(25,26)27/h3-10,13H,11-12H2,1-2H3,(H2,28,29)(H,30,33). The van der Waals surface area contributed by atoms with Crippen molar-refractivity contribution in [2.24, 2.45) is 0 Å². The molecule has 0 atom stereocenters. The van der Waals surface area contributed by atoms with Crippen LogP contribution in [0.15, 0.2) is 55.0 Å². The van der Waals surface area contributed by atoms with Gasteiger partial charge in [0.2, 0.25) is 0 Å². The van der Waals surface area contributed by atoms with Crippen molar-refractivity contribution in [1.29, 1.82) is 0 Å². The van der Waals surface area contributed by atoms with E-state index >= 15 is 0 Å². The van der Waals surface area contributed by atoms with E-state index in [1.165, 1.54) is 23.0 Å². The van der Waals surface area contributed by atoms with Crippen molar-refractivity contribution in [3.05, 3.63) is 88.4 Å². The quantitative estimate of drug-likeness (QED) is 0.462. The fourth-order valence-corrected chi connectivity index (χ4v) is 3.83. The van der Waals surface area contributed by atoms with E-state index in [9.17, 15) is 18.0 Å². The number of carbonyl (C=O) groups excluding carboxylic acids is 1. The van der Waals surface area contributed by atoms with Gasteiger partial charge in [-0.25, -0.2) is 4.98 Å². The van der Waals surface area contributed by atoms with Crippen LogP contribution in [-0.4, -0.2) is 20.7 Å². The number of nitrogens with one attached hydrogen (secondary N) is 1. The van der Waals surface area contributed by atoms with E-state index in [1.54, 1.807) is 12.4 Å². The maximum Gasteiger partial charge on any atom is 0.416 e. The van der Waals surface area contributed by atoms with Crippen molar-refractivity contribution in [1.82, 2.24) is 20.1 Å². The molecule has 0 fully saturated rings. The number of aromatic nitrogens is 3. The van der Waals surface area contributed by atoms with Crippen molar-refractivity contribution in [2.75, 3.05) is 5.73 Å². The summed E-state index contributed by atoms with van der Waals surface area (Å²) in [6.07, 6.45) is 0.291. The molecular formula is C24H22F3N5O. The molecule has 0 radical (unpaired) electrons. The largest absolute Gasteiger partial charge is 0.416 e. The van der Waals surface area contributed by atoms with E-state index in [0.717, 1.165) is 39.6 Å². The molecule has 170 valence electrons. The molecule has 0 spiro atoms. The lowest BCUT2D eigenvalue weighted by molar-refractivity contribution is -0.137. The number of nitrogen functional groups attached to an aromatic ring is 1. The van der Waals surface area contributed by atoms with E-state index < -0.39 is 11.7 Å². The number of anilines is 1. The van der Waals surface area contributed by atoms with Gasteiger partial charge in [-0.15, -0.1) is 0 Å². The number of alkyl halides is 3. The number of carbonyl (C=O) groups is 1. The second-order valence-electron chi connectivity index (χ2n) is 7.89. The zero-order chi connectivity index (χ0) is 23.8. The van der Waals surface area contributed by atoms with Gasteiger partial charge in [-0.05, 0) is 65.8 Å². The first-order chi connectivity index (χ1) is 15.6. The van der Waals surface area contributed by atoms with E-state index in [-0.39, 0.29) is 12.5 Å². The smallest absolute Gasteiger partial charge is 0.383 e. The van der Waals surface area contributed by atoms with E-state index in [2.05, 4.69) is 15.4 Å². The van der Waals surface area contributed by atoms with Gasteiger partial charge in [-0.3, -0.25) is 9.48 Å². The predicted octanol–water partition coefficient (Wildman–Crippen LogP) is 4.63. The summed E-state index contributed by atoms with van der Waals surface area (Å²) < 4.78 is 39.6. The van der Waals surface area contributed by atoms with Crippen LogP contribution in [0.3, 0.4) is 0 Å². The molecule has 9 heteroatoms. The second kappa shape index (κ2) is 8.57. The fourth-order valence-electron chi connectivity index (χ4n) is 3.83. The van der Waals surface area contributed by atoms with Gasteiger partial charge in [-0.2, -0.15) is 18.3 Å². The normalized spacial score (nSPS) is 11.7. The monoisotopic (exact) mass is 453 g/mol. The van der Waals surface area contributed by atoms with Crippen LogP contribution in [0.25, 0.3) is 10.8 Å². The Morgan fingerprint density at radius 3 is 2.55 bits per heavy atom. The lowest BCUT2D eigenvalue weighted by atomic mass is 9.96. The highest BCUT2D eigenvalue weighted by Gasteiger charge is 2.29. The van der Waals surface area contributed by atoms with Gasteiger partial charge in [0.15, 0.2) is 0 Å². The van der Waals surface area contributed by atoms with Crippen molar-refractivity contribution in [3.63, 3.8) is 0 Å². The van der Waals surface area contributed by atoms with Crippen molar-refractivity contribution in [2.45, 2.75) is 33.1 Å². The third kappa shape index (κ3) is 4.67. The summed E-state index contributed by atoms with van der Waals surface area (Å²) in [7, 11) is 0. The fraction of sp³-hybridized carbons (Fsp3) is 0.208. The molecule has 0 aliphatic carbocycles. The lowest BCUT2D eigenvalue weighted by Crippen LogP contribution is -2.23. The summed E-state index contributed by atoms with van der Waals surface area (Å²) in [4.78, 5) is 16.8. The molecule has 2 aromatic heterocycles. The van der Waals surface area contributed by atoms with Crippen molar-refractivity contribution in [3.8, 4) is 0 Å². The minimum Gasteiger partial charge on any atom is -0.383 e. The number of rotatable bonds is 5. The topological polar surface area (TPSA) is 85.8 Å². The van der Waals surface area contributed by atoms with Crippen LogP contribution in [0.2, 0.25) is 0 Å². The van der Waals surface area contributed by atoms with Crippen molar-refractivity contribution < 1.29 is 18.0 Å². The molecule has 4 aromatic rings. The first-order valence-electron chi connectivity index (χ1n) is 10.2. The van der Waals surface area contributed by atoms with E-state index in [4.69, 9.17) is 5.73 Å². The van der Waals surface area contributed by atoms with Gasteiger partial charge in [0, 0.05) is 24.3 Å². The third-order valence-corrected chi connectivity index (χ3v) is 5.66. The number of fused-ring (bicyclic) bond motifs is 1. The minimum atomic E-state index is -4.37. The minimum absolute atomic E-state index is 0.254. The molecule has 6 nitrogen and oxygen atoms in total. The van der Waals surface area contributed by atoms with Crippen LogP contribution in [0.5, 0.6) is 0 Å². The molecule has 0 bridgehead atoms. The second-order valence-corrected chi connectivity index (χ2v) is 7.89. The van der Waals surface area contributed by atoms with E-state index in [1.807, 2.05) is 26.0 Å². The van der Waals surface area contributed by atoms with Crippen molar-refractivity contribution >= 4 is 22.5 Å². The molecule has 33 heavy (non-hydrogen) atoms. The van der Waals surface area contributed by atoms with Crippen LogP contribution in [0, 0.1) is 13.8 Å². The van der Waals surface area contributed by atoms with Gasteiger partial charge in [-0.1, -0.05) is 12.1 Å². The Morgan fingerprint density at radius 1 is 1.12 bits per heavy atom. The molecule has 1 amide bonds. The molecule has 3 N–H and O–H groups in total. The number of aryl methyl sites for hydroxylation is 2. The van der Waals surface area contributed by atoms with Gasteiger partial charge >= 0.3 is 6.18 Å². The summed E-state index contributed by atoms with van der Waals surface area (Å²) in [5, 5.41) is 8.94. The number of hydrogen-bond donors (Lipinski definition) is 2. The summed E-state index contributed by atoms with van der Waals surface area (Å²) >= 11 is 0. The Bertz CT molecular complexity index is 1330. The van der Waals surface area contributed by atoms with Crippen LogP contribution in [0.4, 0.5) is 19.0 Å². The highest BCUT2D eigenvalue weighted by molar-refractivity contribution is 5.95. The Kier molecular flexibility index (Phi) is 5.80. The van der Waals surface area contributed by atoms with Crippen LogP contribution < -0.4 is 11.1 Å². The van der Waals surface area contributed by atoms with Crippen LogP contribution in [0.1, 0.15) is 38.2 Å². The Morgan fingerprint density at radius 2 is 1.85 bits per heavy atom. The molecule has 0 aliphatic heterocycles. The molecule has 2 aromatic carbocycles. The number of pyridine rings is 1. The third-order valence-electron chi connectivity index (χ3n) is 5.66. The van der Waals surface area contributed by atoms with Gasteiger partial charge in [0.1, 0.15) is 5.82 Å². The molecule has 0 saturated carbocycles. The first kappa shape index (κ1) is 22.3. The number of nitrogens with zero attached hydrogens (tertiary/aromatic N) is 3. The van der Waals surface area contributed by atoms with Gasteiger partial charge in [0.25, 0.3) is 5.91 Å². The highest BCUT2D eigenvalue weighted by atomic mass is 19.4. The Labute approximate surface area is 188 Å². The van der Waals surface area contributed by atoms with Crippen LogP contribution in [-0.2, 0) is 19.3 Å². The predicted molar refractivity (Wildman–Crippen MR) is 120 cm³/mol. The van der Waals surface area contributed by atoms with E-state index in [0.29, 0.717) is 23.5 Å². The SMILES string of the molecule is Cc1cc2c(N)nccc2c(C)c1CNC(=O)c1cnn(Cc2ccc(C(F)(F)F)cc2)c1. The molecule has 0 saturated heterocycles. The molecule has 0 aliphatic rings. The zero-order valence-electron chi connectivity index (χ0n) is 18.1. The first-order valence-corrected chi connectivity index (χ1v) is 10.2. The Balaban J connectivity index is 1.44. The summed E-state index contributed by atoms with van der Waals surface area (Å²) in [6.45, 7) is 4.53. The number of nitrogens with two attached hydrogens (primary N) is 1. The maximum absolute atomic E-state index is 12.7. The van der Waals surface area contributed by atoms with Gasteiger partial charge in [0.05, 0.1) is 23.9 Å². The Hall–Kier alpha value is -3.88. The van der Waals surface area contributed by atoms with Crippen LogP contribution >= 0.6 is 0 Å². The number of halogens is 3. The van der Waals surface area contributed by atoms with Gasteiger partial charge < -0.3 is 11.1 Å². The number of amides is 1. The molecular weight excluding hydrogens is 431 g/mol. The summed E-state index contributed by atoms with van der Waals surface area (Å²) in [6, 6.07) is 8.73. The number of hydrogen-bond acceptors (Lipinski definition) is 4. The maximum atomic E-state index is 12.7. The molecule has 0 unspecified atom stereocenters. The average molecular weight is 453 g/mol. The molecule has 2 heterocycles.